The van der Waals surface area contributed by atoms with E-state index in [1.165, 1.54) is 24.3 Å². The van der Waals surface area contributed by atoms with E-state index in [-0.39, 0.29) is 15.9 Å². The maximum absolute atomic E-state index is 12.3. The van der Waals surface area contributed by atoms with Crippen LogP contribution in [0, 0.1) is 0 Å². The van der Waals surface area contributed by atoms with Gasteiger partial charge in [-0.05, 0) is 41.3 Å². The van der Waals surface area contributed by atoms with E-state index >= 15 is 0 Å². The van der Waals surface area contributed by atoms with Crippen molar-refractivity contribution in [3.63, 3.8) is 0 Å². The lowest BCUT2D eigenvalue weighted by Crippen LogP contribution is -2.30. The van der Waals surface area contributed by atoms with Gasteiger partial charge >= 0.3 is 0 Å². The smallest absolute Gasteiger partial charge is 0.265 e. The van der Waals surface area contributed by atoms with Crippen LogP contribution in [0.1, 0.15) is 36.7 Å². The molecule has 2 aromatic carbocycles. The lowest BCUT2D eigenvalue weighted by atomic mass is 9.87. The normalized spacial score (nSPS) is 12.0. The number of nitrogens with one attached hydrogen (secondary N) is 1. The molecule has 0 aromatic heterocycles. The number of carbonyl (C=O) groups is 1. The second-order valence-electron chi connectivity index (χ2n) is 6.33. The van der Waals surface area contributed by atoms with Crippen LogP contribution in [-0.2, 0) is 15.4 Å². The van der Waals surface area contributed by atoms with Gasteiger partial charge in [-0.15, -0.1) is 0 Å². The van der Waals surface area contributed by atoms with Crippen LogP contribution in [-0.4, -0.2) is 14.3 Å². The zero-order chi connectivity index (χ0) is 17.3. The molecule has 0 spiro atoms. The van der Waals surface area contributed by atoms with Crippen molar-refractivity contribution in [1.29, 1.82) is 0 Å². The fourth-order valence-corrected chi connectivity index (χ4v) is 3.03. The standard InChI is InChI=1S/C17H20N2O3S/c1-17(2,3)13-7-9-15(10-8-13)23(21,22)19-16(20)12-5-4-6-14(18)11-12/h4-11H,18H2,1-3H3,(H,19,20). The van der Waals surface area contributed by atoms with Gasteiger partial charge in [0, 0.05) is 11.3 Å². The molecule has 6 heteroatoms. The number of nitrogens with two attached hydrogens (primary N) is 1. The minimum atomic E-state index is -3.92. The van der Waals surface area contributed by atoms with E-state index in [4.69, 9.17) is 5.73 Å². The van der Waals surface area contributed by atoms with Crippen LogP contribution >= 0.6 is 0 Å². The quantitative estimate of drug-likeness (QED) is 0.846. The number of benzene rings is 2. The summed E-state index contributed by atoms with van der Waals surface area (Å²) in [6, 6.07) is 12.6. The van der Waals surface area contributed by atoms with Crippen molar-refractivity contribution in [2.75, 3.05) is 5.73 Å². The van der Waals surface area contributed by atoms with E-state index in [1.807, 2.05) is 20.8 Å². The summed E-state index contributed by atoms with van der Waals surface area (Å²) in [5, 5.41) is 0. The van der Waals surface area contributed by atoms with Crippen LogP contribution in [0.15, 0.2) is 53.4 Å². The molecule has 0 bridgehead atoms. The summed E-state index contributed by atoms with van der Waals surface area (Å²) in [5.74, 6) is -0.711. The third-order valence-electron chi connectivity index (χ3n) is 3.41. The van der Waals surface area contributed by atoms with Gasteiger partial charge in [-0.25, -0.2) is 13.1 Å². The van der Waals surface area contributed by atoms with E-state index in [9.17, 15) is 13.2 Å². The van der Waals surface area contributed by atoms with E-state index < -0.39 is 15.9 Å². The average molecular weight is 332 g/mol. The minimum Gasteiger partial charge on any atom is -0.399 e. The molecule has 5 nitrogen and oxygen atoms in total. The number of nitrogen functional groups attached to an aromatic ring is 1. The molecule has 122 valence electrons. The van der Waals surface area contributed by atoms with Crippen LogP contribution in [0.25, 0.3) is 0 Å². The number of sulfonamides is 1. The Balaban J connectivity index is 2.23. The summed E-state index contributed by atoms with van der Waals surface area (Å²) < 4.78 is 26.6. The molecule has 1 amide bonds. The molecule has 0 aliphatic carbocycles. The van der Waals surface area contributed by atoms with Crippen molar-refractivity contribution in [3.05, 3.63) is 59.7 Å². The first-order valence-corrected chi connectivity index (χ1v) is 8.61. The third kappa shape index (κ3) is 4.10. The molecule has 0 atom stereocenters. The number of carbonyl (C=O) groups excluding carboxylic acids is 1. The van der Waals surface area contributed by atoms with Gasteiger partial charge in [0.15, 0.2) is 0 Å². The summed E-state index contributed by atoms with van der Waals surface area (Å²) in [5.41, 5.74) is 7.12. The Kier molecular flexibility index (Phi) is 4.47. The topological polar surface area (TPSA) is 89.3 Å². The van der Waals surface area contributed by atoms with Gasteiger partial charge in [-0.2, -0.15) is 0 Å². The third-order valence-corrected chi connectivity index (χ3v) is 4.75. The number of hydrogen-bond donors (Lipinski definition) is 2. The SMILES string of the molecule is CC(C)(C)c1ccc(S(=O)(=O)NC(=O)c2cccc(N)c2)cc1. The predicted molar refractivity (Wildman–Crippen MR) is 90.6 cm³/mol. The first kappa shape index (κ1) is 17.0. The number of anilines is 1. The van der Waals surface area contributed by atoms with E-state index in [2.05, 4.69) is 4.72 Å². The number of hydrogen-bond acceptors (Lipinski definition) is 4. The highest BCUT2D eigenvalue weighted by Gasteiger charge is 2.20. The Morgan fingerprint density at radius 2 is 1.65 bits per heavy atom. The van der Waals surface area contributed by atoms with Crippen molar-refractivity contribution in [1.82, 2.24) is 4.72 Å². The largest absolute Gasteiger partial charge is 0.399 e. The van der Waals surface area contributed by atoms with Gasteiger partial charge in [0.25, 0.3) is 15.9 Å². The predicted octanol–water partition coefficient (Wildman–Crippen LogP) is 2.69. The van der Waals surface area contributed by atoms with Crippen molar-refractivity contribution >= 4 is 21.6 Å². The molecule has 0 radical (unpaired) electrons. The van der Waals surface area contributed by atoms with Gasteiger partial charge in [0.2, 0.25) is 0 Å². The van der Waals surface area contributed by atoms with Crippen LogP contribution in [0.3, 0.4) is 0 Å². The fourth-order valence-electron chi connectivity index (χ4n) is 2.05. The van der Waals surface area contributed by atoms with Gasteiger partial charge < -0.3 is 5.73 Å². The summed E-state index contributed by atoms with van der Waals surface area (Å²) in [4.78, 5) is 12.1. The molecule has 23 heavy (non-hydrogen) atoms. The Labute approximate surface area is 136 Å². The maximum atomic E-state index is 12.3. The van der Waals surface area contributed by atoms with Crippen LogP contribution in [0.5, 0.6) is 0 Å². The van der Waals surface area contributed by atoms with Crippen molar-refractivity contribution in [2.45, 2.75) is 31.1 Å². The summed E-state index contributed by atoms with van der Waals surface area (Å²) in [6.45, 7) is 6.12. The van der Waals surface area contributed by atoms with Gasteiger partial charge in [-0.3, -0.25) is 4.79 Å². The van der Waals surface area contributed by atoms with Crippen molar-refractivity contribution in [3.8, 4) is 0 Å². The molecule has 0 unspecified atom stereocenters. The number of rotatable bonds is 3. The molecular formula is C17H20N2O3S. The molecule has 0 saturated heterocycles. The molecule has 3 N–H and O–H groups in total. The zero-order valence-electron chi connectivity index (χ0n) is 13.3. The van der Waals surface area contributed by atoms with Crippen LogP contribution in [0.4, 0.5) is 5.69 Å². The lowest BCUT2D eigenvalue weighted by molar-refractivity contribution is 0.0981. The highest BCUT2D eigenvalue weighted by Crippen LogP contribution is 2.23. The Hall–Kier alpha value is -2.34. The first-order chi connectivity index (χ1) is 10.6. The number of amides is 1. The second-order valence-corrected chi connectivity index (χ2v) is 8.02. The lowest BCUT2D eigenvalue weighted by Gasteiger charge is -2.19. The van der Waals surface area contributed by atoms with Crippen LogP contribution < -0.4 is 10.5 Å². The van der Waals surface area contributed by atoms with Gasteiger partial charge in [-0.1, -0.05) is 39.0 Å². The average Bonchev–Trinajstić information content (AvgIpc) is 2.46. The summed E-state index contributed by atoms with van der Waals surface area (Å²) >= 11 is 0. The summed E-state index contributed by atoms with van der Waals surface area (Å²) in [7, 11) is -3.92. The minimum absolute atomic E-state index is 0.0442. The summed E-state index contributed by atoms with van der Waals surface area (Å²) in [6.07, 6.45) is 0. The maximum Gasteiger partial charge on any atom is 0.265 e. The first-order valence-electron chi connectivity index (χ1n) is 7.13. The second kappa shape index (κ2) is 6.04. The molecule has 0 aliphatic heterocycles. The van der Waals surface area contributed by atoms with Crippen molar-refractivity contribution < 1.29 is 13.2 Å². The van der Waals surface area contributed by atoms with Crippen LogP contribution in [0.2, 0.25) is 0 Å². The fraction of sp³-hybridized carbons (Fsp3) is 0.235. The van der Waals surface area contributed by atoms with Crippen molar-refractivity contribution in [2.24, 2.45) is 0 Å². The molecule has 0 saturated carbocycles. The molecule has 0 heterocycles. The molecular weight excluding hydrogens is 312 g/mol. The Morgan fingerprint density at radius 3 is 2.17 bits per heavy atom. The molecule has 0 fully saturated rings. The molecule has 2 rings (SSSR count). The molecule has 0 aliphatic rings. The van der Waals surface area contributed by atoms with E-state index in [0.717, 1.165) is 5.56 Å². The monoisotopic (exact) mass is 332 g/mol. The highest BCUT2D eigenvalue weighted by atomic mass is 32.2. The Bertz CT molecular complexity index is 820. The van der Waals surface area contributed by atoms with Gasteiger partial charge in [0.1, 0.15) is 0 Å². The molecule has 2 aromatic rings. The van der Waals surface area contributed by atoms with E-state index in [1.54, 1.807) is 24.3 Å². The van der Waals surface area contributed by atoms with Gasteiger partial charge in [0.05, 0.1) is 4.90 Å². The van der Waals surface area contributed by atoms with E-state index in [0.29, 0.717) is 5.69 Å². The highest BCUT2D eigenvalue weighted by molar-refractivity contribution is 7.90. The zero-order valence-corrected chi connectivity index (χ0v) is 14.1. The Morgan fingerprint density at radius 1 is 1.04 bits per heavy atom.